The SMILES string of the molecule is CC(NC(=O)C1CCC(CN)CC1)c1ccc(C#N)cc1. The molecule has 1 amide bonds. The Hall–Kier alpha value is -1.86. The summed E-state index contributed by atoms with van der Waals surface area (Å²) in [5.41, 5.74) is 7.34. The third-order valence-corrected chi connectivity index (χ3v) is 4.45. The number of benzene rings is 1. The molecule has 4 nitrogen and oxygen atoms in total. The van der Waals surface area contributed by atoms with E-state index in [9.17, 15) is 4.79 Å². The van der Waals surface area contributed by atoms with Crippen LogP contribution in [-0.4, -0.2) is 12.5 Å². The quantitative estimate of drug-likeness (QED) is 0.892. The van der Waals surface area contributed by atoms with Crippen molar-refractivity contribution in [3.05, 3.63) is 35.4 Å². The topological polar surface area (TPSA) is 78.9 Å². The van der Waals surface area contributed by atoms with Gasteiger partial charge in [-0.05, 0) is 62.8 Å². The highest BCUT2D eigenvalue weighted by atomic mass is 16.1. The number of hydrogen-bond donors (Lipinski definition) is 2. The Balaban J connectivity index is 1.88. The van der Waals surface area contributed by atoms with E-state index in [1.807, 2.05) is 19.1 Å². The number of nitrogens with one attached hydrogen (secondary N) is 1. The summed E-state index contributed by atoms with van der Waals surface area (Å²) in [5, 5.41) is 11.9. The van der Waals surface area contributed by atoms with E-state index >= 15 is 0 Å². The van der Waals surface area contributed by atoms with Crippen molar-refractivity contribution in [2.45, 2.75) is 38.6 Å². The number of hydrogen-bond acceptors (Lipinski definition) is 3. The summed E-state index contributed by atoms with van der Waals surface area (Å²) in [6.45, 7) is 2.71. The van der Waals surface area contributed by atoms with Gasteiger partial charge in [0.1, 0.15) is 0 Å². The molecule has 1 fully saturated rings. The second-order valence-electron chi connectivity index (χ2n) is 5.92. The summed E-state index contributed by atoms with van der Waals surface area (Å²) in [6, 6.07) is 9.43. The molecule has 1 aliphatic rings. The van der Waals surface area contributed by atoms with E-state index < -0.39 is 0 Å². The highest BCUT2D eigenvalue weighted by molar-refractivity contribution is 5.79. The molecular weight excluding hydrogens is 262 g/mol. The van der Waals surface area contributed by atoms with Crippen LogP contribution in [0.2, 0.25) is 0 Å². The van der Waals surface area contributed by atoms with E-state index in [4.69, 9.17) is 11.0 Å². The van der Waals surface area contributed by atoms with Gasteiger partial charge in [0.15, 0.2) is 0 Å². The van der Waals surface area contributed by atoms with Crippen molar-refractivity contribution < 1.29 is 4.79 Å². The van der Waals surface area contributed by atoms with Gasteiger partial charge in [-0.1, -0.05) is 12.1 Å². The fraction of sp³-hybridized carbons (Fsp3) is 0.529. The Kier molecular flexibility index (Phi) is 5.35. The Morgan fingerprint density at radius 3 is 2.48 bits per heavy atom. The van der Waals surface area contributed by atoms with Crippen molar-refractivity contribution in [2.24, 2.45) is 17.6 Å². The van der Waals surface area contributed by atoms with E-state index in [1.54, 1.807) is 12.1 Å². The molecule has 1 saturated carbocycles. The minimum atomic E-state index is -0.0301. The van der Waals surface area contributed by atoms with Crippen LogP contribution in [0.25, 0.3) is 0 Å². The van der Waals surface area contributed by atoms with Gasteiger partial charge >= 0.3 is 0 Å². The van der Waals surface area contributed by atoms with E-state index in [0.717, 1.165) is 37.8 Å². The smallest absolute Gasteiger partial charge is 0.223 e. The first kappa shape index (κ1) is 15.5. The number of amides is 1. The van der Waals surface area contributed by atoms with Crippen LogP contribution < -0.4 is 11.1 Å². The second kappa shape index (κ2) is 7.24. The van der Waals surface area contributed by atoms with Crippen molar-refractivity contribution in [3.63, 3.8) is 0 Å². The minimum Gasteiger partial charge on any atom is -0.349 e. The van der Waals surface area contributed by atoms with Crippen LogP contribution in [0.1, 0.15) is 49.8 Å². The first-order chi connectivity index (χ1) is 10.1. The second-order valence-corrected chi connectivity index (χ2v) is 5.92. The molecule has 0 heterocycles. The van der Waals surface area contributed by atoms with Gasteiger partial charge in [0.2, 0.25) is 5.91 Å². The molecule has 1 aliphatic carbocycles. The van der Waals surface area contributed by atoms with Gasteiger partial charge in [0.25, 0.3) is 0 Å². The largest absolute Gasteiger partial charge is 0.349 e. The normalized spacial score (nSPS) is 23.1. The summed E-state index contributed by atoms with van der Waals surface area (Å²) >= 11 is 0. The van der Waals surface area contributed by atoms with Crippen LogP contribution in [0.15, 0.2) is 24.3 Å². The Morgan fingerprint density at radius 2 is 1.95 bits per heavy atom. The lowest BCUT2D eigenvalue weighted by Gasteiger charge is -2.28. The molecule has 0 aromatic heterocycles. The molecule has 21 heavy (non-hydrogen) atoms. The Morgan fingerprint density at radius 1 is 1.33 bits per heavy atom. The Labute approximate surface area is 126 Å². The predicted octanol–water partition coefficient (Wildman–Crippen LogP) is 2.50. The zero-order valence-corrected chi connectivity index (χ0v) is 12.5. The highest BCUT2D eigenvalue weighted by Gasteiger charge is 2.26. The maximum absolute atomic E-state index is 12.3. The summed E-state index contributed by atoms with van der Waals surface area (Å²) in [7, 11) is 0. The fourth-order valence-electron chi connectivity index (χ4n) is 2.92. The molecule has 1 aromatic carbocycles. The summed E-state index contributed by atoms with van der Waals surface area (Å²) in [5.74, 6) is 0.848. The lowest BCUT2D eigenvalue weighted by atomic mass is 9.81. The third kappa shape index (κ3) is 4.05. The molecule has 1 unspecified atom stereocenters. The minimum absolute atomic E-state index is 0.0301. The predicted molar refractivity (Wildman–Crippen MR) is 82.2 cm³/mol. The number of nitriles is 1. The highest BCUT2D eigenvalue weighted by Crippen LogP contribution is 2.28. The molecule has 3 N–H and O–H groups in total. The van der Waals surface area contributed by atoms with Gasteiger partial charge in [-0.15, -0.1) is 0 Å². The van der Waals surface area contributed by atoms with E-state index in [0.29, 0.717) is 11.5 Å². The molecule has 0 radical (unpaired) electrons. The first-order valence-electron chi connectivity index (χ1n) is 7.64. The molecule has 112 valence electrons. The third-order valence-electron chi connectivity index (χ3n) is 4.45. The van der Waals surface area contributed by atoms with Gasteiger partial charge in [-0.3, -0.25) is 4.79 Å². The fourth-order valence-corrected chi connectivity index (χ4v) is 2.92. The van der Waals surface area contributed by atoms with Gasteiger partial charge in [0.05, 0.1) is 17.7 Å². The molecular formula is C17H23N3O. The molecule has 2 rings (SSSR count). The zero-order chi connectivity index (χ0) is 15.2. The molecule has 4 heteroatoms. The molecule has 1 atom stereocenters. The lowest BCUT2D eigenvalue weighted by Crippen LogP contribution is -2.35. The van der Waals surface area contributed by atoms with Crippen LogP contribution in [-0.2, 0) is 4.79 Å². The van der Waals surface area contributed by atoms with Gasteiger partial charge < -0.3 is 11.1 Å². The number of carbonyl (C=O) groups excluding carboxylic acids is 1. The van der Waals surface area contributed by atoms with E-state index in [-0.39, 0.29) is 17.9 Å². The van der Waals surface area contributed by atoms with Crippen molar-refractivity contribution in [3.8, 4) is 6.07 Å². The van der Waals surface area contributed by atoms with Gasteiger partial charge in [0, 0.05) is 5.92 Å². The Bertz CT molecular complexity index is 510. The number of carbonyl (C=O) groups is 1. The van der Waals surface area contributed by atoms with Crippen LogP contribution in [0.4, 0.5) is 0 Å². The van der Waals surface area contributed by atoms with Gasteiger partial charge in [-0.25, -0.2) is 0 Å². The van der Waals surface area contributed by atoms with Crippen molar-refractivity contribution in [1.29, 1.82) is 5.26 Å². The number of nitrogens with zero attached hydrogens (tertiary/aromatic N) is 1. The van der Waals surface area contributed by atoms with Crippen LogP contribution in [0.5, 0.6) is 0 Å². The van der Waals surface area contributed by atoms with Crippen LogP contribution >= 0.6 is 0 Å². The summed E-state index contributed by atoms with van der Waals surface area (Å²) in [4.78, 5) is 12.3. The maximum atomic E-state index is 12.3. The van der Waals surface area contributed by atoms with Gasteiger partial charge in [-0.2, -0.15) is 5.26 Å². The number of nitrogens with two attached hydrogens (primary N) is 1. The molecule has 1 aromatic rings. The lowest BCUT2D eigenvalue weighted by molar-refractivity contribution is -0.126. The van der Waals surface area contributed by atoms with Crippen LogP contribution in [0, 0.1) is 23.2 Å². The van der Waals surface area contributed by atoms with Crippen molar-refractivity contribution >= 4 is 5.91 Å². The molecule has 0 saturated heterocycles. The van der Waals surface area contributed by atoms with Crippen LogP contribution in [0.3, 0.4) is 0 Å². The zero-order valence-electron chi connectivity index (χ0n) is 12.5. The van der Waals surface area contributed by atoms with Crippen molar-refractivity contribution in [1.82, 2.24) is 5.32 Å². The summed E-state index contributed by atoms with van der Waals surface area (Å²) in [6.07, 6.45) is 3.99. The summed E-state index contributed by atoms with van der Waals surface area (Å²) < 4.78 is 0. The molecule has 0 bridgehead atoms. The average molecular weight is 285 g/mol. The van der Waals surface area contributed by atoms with Crippen molar-refractivity contribution in [2.75, 3.05) is 6.54 Å². The average Bonchev–Trinajstić information content (AvgIpc) is 2.55. The number of rotatable bonds is 4. The first-order valence-corrected chi connectivity index (χ1v) is 7.64. The molecule has 0 aliphatic heterocycles. The monoisotopic (exact) mass is 285 g/mol. The van der Waals surface area contributed by atoms with E-state index in [1.165, 1.54) is 0 Å². The maximum Gasteiger partial charge on any atom is 0.223 e. The standard InChI is InChI=1S/C17H23N3O/c1-12(15-6-2-13(10-18)3-7-15)20-17(21)16-8-4-14(11-19)5-9-16/h2-3,6-7,12,14,16H,4-5,8-9,11,19H2,1H3,(H,20,21). The van der Waals surface area contributed by atoms with E-state index in [2.05, 4.69) is 11.4 Å². The molecule has 0 spiro atoms.